The van der Waals surface area contributed by atoms with E-state index in [1.807, 2.05) is 45.0 Å². The molecule has 8 heteroatoms. The second-order valence-electron chi connectivity index (χ2n) is 9.03. The zero-order chi connectivity index (χ0) is 25.5. The van der Waals surface area contributed by atoms with Crippen molar-refractivity contribution in [1.82, 2.24) is 14.8 Å². The molecule has 0 atom stereocenters. The second kappa shape index (κ2) is 11.6. The molecule has 0 aliphatic carbocycles. The van der Waals surface area contributed by atoms with Gasteiger partial charge in [-0.1, -0.05) is 26.0 Å². The van der Waals surface area contributed by atoms with Crippen LogP contribution in [-0.4, -0.2) is 42.0 Å². The maximum Gasteiger partial charge on any atom is 0.259 e. The fraction of sp³-hybridized carbons (Fsp3) is 0.370. The molecule has 1 aromatic carbocycles. The quantitative estimate of drug-likeness (QED) is 0.479. The largest absolute Gasteiger partial charge is 0.497 e. The Bertz CT molecular complexity index is 1220. The molecule has 0 unspecified atom stereocenters. The predicted octanol–water partition coefficient (Wildman–Crippen LogP) is 3.66. The average molecular weight is 480 g/mol. The van der Waals surface area contributed by atoms with E-state index >= 15 is 0 Å². The average Bonchev–Trinajstić information content (AvgIpc) is 3.26. The van der Waals surface area contributed by atoms with Gasteiger partial charge in [-0.05, 0) is 49.1 Å². The molecular formula is C27H33N3O5. The zero-order valence-corrected chi connectivity index (χ0v) is 21.0. The van der Waals surface area contributed by atoms with Crippen molar-refractivity contribution >= 4 is 11.8 Å². The summed E-state index contributed by atoms with van der Waals surface area (Å²) < 4.78 is 12.4. The lowest BCUT2D eigenvalue weighted by Crippen LogP contribution is -2.37. The van der Waals surface area contributed by atoms with E-state index in [9.17, 15) is 14.4 Å². The van der Waals surface area contributed by atoms with Gasteiger partial charge in [-0.2, -0.15) is 0 Å². The molecular weight excluding hydrogens is 446 g/mol. The molecule has 1 N–H and O–H groups in total. The molecule has 0 aliphatic heterocycles. The van der Waals surface area contributed by atoms with Gasteiger partial charge in [-0.15, -0.1) is 0 Å². The van der Waals surface area contributed by atoms with E-state index in [1.54, 1.807) is 30.9 Å². The maximum absolute atomic E-state index is 13.2. The third kappa shape index (κ3) is 6.85. The first-order valence-electron chi connectivity index (χ1n) is 11.6. The monoisotopic (exact) mass is 479 g/mol. The molecule has 0 saturated heterocycles. The third-order valence-electron chi connectivity index (χ3n) is 5.58. The summed E-state index contributed by atoms with van der Waals surface area (Å²) in [4.78, 5) is 40.8. The van der Waals surface area contributed by atoms with E-state index < -0.39 is 17.2 Å². The highest BCUT2D eigenvalue weighted by Crippen LogP contribution is 2.13. The number of benzene rings is 1. The normalized spacial score (nSPS) is 10.9. The molecule has 8 nitrogen and oxygen atoms in total. The van der Waals surface area contributed by atoms with Crippen molar-refractivity contribution in [2.75, 3.05) is 20.7 Å². The minimum Gasteiger partial charge on any atom is -0.497 e. The van der Waals surface area contributed by atoms with Crippen molar-refractivity contribution < 1.29 is 18.7 Å². The molecule has 3 rings (SSSR count). The van der Waals surface area contributed by atoms with Gasteiger partial charge in [0.2, 0.25) is 5.43 Å². The van der Waals surface area contributed by atoms with Gasteiger partial charge < -0.3 is 23.9 Å². The van der Waals surface area contributed by atoms with Gasteiger partial charge in [0, 0.05) is 32.5 Å². The van der Waals surface area contributed by atoms with E-state index in [2.05, 4.69) is 5.32 Å². The van der Waals surface area contributed by atoms with Crippen LogP contribution in [0.25, 0.3) is 0 Å². The van der Waals surface area contributed by atoms with Crippen molar-refractivity contribution in [2.24, 2.45) is 5.92 Å². The van der Waals surface area contributed by atoms with Gasteiger partial charge in [-0.3, -0.25) is 14.4 Å². The smallest absolute Gasteiger partial charge is 0.259 e. The van der Waals surface area contributed by atoms with Crippen molar-refractivity contribution in [1.29, 1.82) is 0 Å². The first-order valence-corrected chi connectivity index (χ1v) is 11.6. The molecule has 2 heterocycles. The predicted molar refractivity (Wildman–Crippen MR) is 134 cm³/mol. The number of hydrogen-bond acceptors (Lipinski definition) is 5. The Morgan fingerprint density at radius 1 is 1.09 bits per heavy atom. The Kier molecular flexibility index (Phi) is 8.52. The summed E-state index contributed by atoms with van der Waals surface area (Å²) >= 11 is 0. The van der Waals surface area contributed by atoms with Crippen LogP contribution in [0.15, 0.2) is 58.0 Å². The Hall–Kier alpha value is -3.81. The van der Waals surface area contributed by atoms with E-state index in [1.165, 1.54) is 17.3 Å². The summed E-state index contributed by atoms with van der Waals surface area (Å²) in [5.74, 6) is 1.37. The van der Waals surface area contributed by atoms with Crippen LogP contribution in [0.2, 0.25) is 0 Å². The molecule has 0 saturated carbocycles. The topological polar surface area (TPSA) is 93.8 Å². The van der Waals surface area contributed by atoms with Crippen molar-refractivity contribution in [3.05, 3.63) is 87.2 Å². The van der Waals surface area contributed by atoms with Crippen LogP contribution in [0, 0.1) is 12.8 Å². The Morgan fingerprint density at radius 2 is 1.77 bits per heavy atom. The highest BCUT2D eigenvalue weighted by atomic mass is 16.5. The molecule has 3 aromatic rings. The number of rotatable bonds is 10. The summed E-state index contributed by atoms with van der Waals surface area (Å²) in [5.41, 5.74) is 0.379. The van der Waals surface area contributed by atoms with Crippen LogP contribution < -0.4 is 15.5 Å². The number of methoxy groups -OCH3 is 1. The van der Waals surface area contributed by atoms with Gasteiger partial charge in [-0.25, -0.2) is 0 Å². The van der Waals surface area contributed by atoms with E-state index in [0.29, 0.717) is 25.3 Å². The molecule has 0 aliphatic rings. The minimum absolute atomic E-state index is 0.0237. The number of hydrogen-bond donors (Lipinski definition) is 1. The highest BCUT2D eigenvalue weighted by Gasteiger charge is 2.22. The summed E-state index contributed by atoms with van der Waals surface area (Å²) in [7, 11) is 3.28. The number of amides is 2. The van der Waals surface area contributed by atoms with Crippen molar-refractivity contribution in [3.8, 4) is 5.75 Å². The Balaban J connectivity index is 1.88. The fourth-order valence-corrected chi connectivity index (χ4v) is 3.80. The number of pyridine rings is 1. The van der Waals surface area contributed by atoms with Crippen LogP contribution in [-0.2, 0) is 19.5 Å². The van der Waals surface area contributed by atoms with Gasteiger partial charge in [0.05, 0.1) is 13.7 Å². The maximum atomic E-state index is 13.2. The van der Waals surface area contributed by atoms with Crippen LogP contribution in [0.5, 0.6) is 5.75 Å². The fourth-order valence-electron chi connectivity index (χ4n) is 3.80. The summed E-state index contributed by atoms with van der Waals surface area (Å²) in [6.45, 7) is 6.93. The minimum atomic E-state index is -0.584. The second-order valence-corrected chi connectivity index (χ2v) is 9.03. The lowest BCUT2D eigenvalue weighted by molar-refractivity contribution is 0.0777. The van der Waals surface area contributed by atoms with Gasteiger partial charge in [0.1, 0.15) is 28.4 Å². The molecule has 186 valence electrons. The molecule has 0 spiro atoms. The number of aromatic nitrogens is 1. The SMILES string of the molecule is COc1ccc(CCn2cc(C(=O)NCc3ccc(C)o3)c(=O)c(C(=O)N(C)CC(C)C)c2)cc1. The molecule has 0 radical (unpaired) electrons. The first-order chi connectivity index (χ1) is 16.7. The standard InChI is InChI=1S/C27H33N3O5/c1-18(2)15-29(4)27(33)24-17-30(13-12-20-7-10-21(34-5)11-8-20)16-23(25(24)31)26(32)28-14-22-9-6-19(3)35-22/h6-11,16-18H,12-15H2,1-5H3,(H,28,32). The number of furan rings is 1. The number of carbonyl (C=O) groups is 2. The van der Waals surface area contributed by atoms with Crippen molar-refractivity contribution in [2.45, 2.75) is 40.3 Å². The van der Waals surface area contributed by atoms with E-state index in [0.717, 1.165) is 17.1 Å². The molecule has 2 amide bonds. The lowest BCUT2D eigenvalue weighted by Gasteiger charge is -2.20. The zero-order valence-electron chi connectivity index (χ0n) is 21.0. The number of ether oxygens (including phenoxy) is 1. The van der Waals surface area contributed by atoms with Gasteiger partial charge in [0.25, 0.3) is 11.8 Å². The molecule has 2 aromatic heterocycles. The molecule has 0 bridgehead atoms. The number of carbonyl (C=O) groups excluding carboxylic acids is 2. The Morgan fingerprint density at radius 3 is 2.37 bits per heavy atom. The van der Waals surface area contributed by atoms with E-state index in [4.69, 9.17) is 9.15 Å². The van der Waals surface area contributed by atoms with Crippen LogP contribution >= 0.6 is 0 Å². The van der Waals surface area contributed by atoms with Crippen molar-refractivity contribution in [3.63, 3.8) is 0 Å². The van der Waals surface area contributed by atoms with Gasteiger partial charge >= 0.3 is 0 Å². The number of nitrogens with one attached hydrogen (secondary N) is 1. The van der Waals surface area contributed by atoms with Crippen LogP contribution in [0.1, 0.15) is 51.6 Å². The highest BCUT2D eigenvalue weighted by molar-refractivity contribution is 5.99. The first kappa shape index (κ1) is 25.8. The molecule has 35 heavy (non-hydrogen) atoms. The summed E-state index contributed by atoms with van der Waals surface area (Å²) in [6, 6.07) is 11.3. The van der Waals surface area contributed by atoms with Gasteiger partial charge in [0.15, 0.2) is 0 Å². The third-order valence-corrected chi connectivity index (χ3v) is 5.58. The Labute approximate surface area is 205 Å². The van der Waals surface area contributed by atoms with Crippen LogP contribution in [0.4, 0.5) is 0 Å². The van der Waals surface area contributed by atoms with E-state index in [-0.39, 0.29) is 23.6 Å². The number of nitrogens with zero attached hydrogens (tertiary/aromatic N) is 2. The molecule has 0 fully saturated rings. The number of aryl methyl sites for hydroxylation is 3. The van der Waals surface area contributed by atoms with Crippen LogP contribution in [0.3, 0.4) is 0 Å². The lowest BCUT2D eigenvalue weighted by atomic mass is 10.1. The summed E-state index contributed by atoms with van der Waals surface area (Å²) in [6.07, 6.45) is 3.69. The summed E-state index contributed by atoms with van der Waals surface area (Å²) in [5, 5.41) is 2.73.